The standard InChI is InChI=1S/C13H21BrN2O2S2/c1-3-4-7-16(2)20(17,18)12-8-11(19-13(12)14)9-15-10-5-6-10/h8,10,15H,3-7,9H2,1-2H3. The Morgan fingerprint density at radius 2 is 2.20 bits per heavy atom. The Bertz CT molecular complexity index is 553. The monoisotopic (exact) mass is 380 g/mol. The Labute approximate surface area is 133 Å². The van der Waals surface area contributed by atoms with Crippen LogP contribution in [0.15, 0.2) is 14.7 Å². The van der Waals surface area contributed by atoms with E-state index in [1.54, 1.807) is 13.1 Å². The summed E-state index contributed by atoms with van der Waals surface area (Å²) in [5.74, 6) is 0. The van der Waals surface area contributed by atoms with Crippen LogP contribution in [0.3, 0.4) is 0 Å². The van der Waals surface area contributed by atoms with Crippen LogP contribution in [0.1, 0.15) is 37.5 Å². The second-order valence-electron chi connectivity index (χ2n) is 5.19. The van der Waals surface area contributed by atoms with E-state index >= 15 is 0 Å². The van der Waals surface area contributed by atoms with E-state index < -0.39 is 10.0 Å². The Morgan fingerprint density at radius 1 is 1.50 bits per heavy atom. The average Bonchev–Trinajstić information content (AvgIpc) is 3.15. The van der Waals surface area contributed by atoms with Crippen molar-refractivity contribution in [1.29, 1.82) is 0 Å². The number of unbranched alkanes of at least 4 members (excludes halogenated alkanes) is 1. The van der Waals surface area contributed by atoms with Gasteiger partial charge in [0.2, 0.25) is 10.0 Å². The van der Waals surface area contributed by atoms with Gasteiger partial charge in [-0.3, -0.25) is 0 Å². The lowest BCUT2D eigenvalue weighted by Crippen LogP contribution is -2.27. The molecule has 1 fully saturated rings. The largest absolute Gasteiger partial charge is 0.309 e. The van der Waals surface area contributed by atoms with Gasteiger partial charge < -0.3 is 5.32 Å². The molecule has 114 valence electrons. The number of sulfonamides is 1. The molecule has 1 aromatic rings. The molecule has 0 unspecified atom stereocenters. The third-order valence-electron chi connectivity index (χ3n) is 3.36. The van der Waals surface area contributed by atoms with E-state index in [-0.39, 0.29) is 0 Å². The summed E-state index contributed by atoms with van der Waals surface area (Å²) in [5, 5.41) is 3.41. The summed E-state index contributed by atoms with van der Waals surface area (Å²) in [6, 6.07) is 2.42. The van der Waals surface area contributed by atoms with Gasteiger partial charge in [0, 0.05) is 31.1 Å². The first-order valence-corrected chi connectivity index (χ1v) is 9.98. The first-order chi connectivity index (χ1) is 9.45. The van der Waals surface area contributed by atoms with E-state index in [2.05, 4.69) is 28.2 Å². The molecule has 7 heteroatoms. The molecule has 1 aliphatic carbocycles. The lowest BCUT2D eigenvalue weighted by Gasteiger charge is -2.16. The van der Waals surface area contributed by atoms with Crippen LogP contribution < -0.4 is 5.32 Å². The van der Waals surface area contributed by atoms with E-state index in [1.807, 2.05) is 0 Å². The van der Waals surface area contributed by atoms with Gasteiger partial charge in [0.05, 0.1) is 3.79 Å². The summed E-state index contributed by atoms with van der Waals surface area (Å²) in [6.45, 7) is 3.38. The van der Waals surface area contributed by atoms with Crippen molar-refractivity contribution in [3.8, 4) is 0 Å². The zero-order valence-electron chi connectivity index (χ0n) is 11.9. The minimum atomic E-state index is -3.37. The van der Waals surface area contributed by atoms with Crippen molar-refractivity contribution in [2.45, 2.75) is 50.1 Å². The van der Waals surface area contributed by atoms with Crippen LogP contribution in [0.4, 0.5) is 0 Å². The number of rotatable bonds is 8. The molecule has 1 aliphatic rings. The Morgan fingerprint density at radius 3 is 2.80 bits per heavy atom. The summed E-state index contributed by atoms with van der Waals surface area (Å²) >= 11 is 4.90. The van der Waals surface area contributed by atoms with Crippen LogP contribution in [0.2, 0.25) is 0 Å². The van der Waals surface area contributed by atoms with Crippen molar-refractivity contribution < 1.29 is 8.42 Å². The molecule has 1 heterocycles. The molecular formula is C13H21BrN2O2S2. The average molecular weight is 381 g/mol. The fraction of sp³-hybridized carbons (Fsp3) is 0.692. The molecule has 1 N–H and O–H groups in total. The van der Waals surface area contributed by atoms with Crippen molar-refractivity contribution in [2.75, 3.05) is 13.6 Å². The SMILES string of the molecule is CCCCN(C)S(=O)(=O)c1cc(CNC2CC2)sc1Br. The Kier molecular flexibility index (Phi) is 5.64. The number of nitrogens with zero attached hydrogens (tertiary/aromatic N) is 1. The first kappa shape index (κ1) is 16.4. The van der Waals surface area contributed by atoms with E-state index in [4.69, 9.17) is 0 Å². The molecule has 0 aromatic carbocycles. The van der Waals surface area contributed by atoms with Crippen molar-refractivity contribution >= 4 is 37.3 Å². The third-order valence-corrected chi connectivity index (χ3v) is 7.47. The van der Waals surface area contributed by atoms with Crippen LogP contribution >= 0.6 is 27.3 Å². The normalized spacial score (nSPS) is 16.0. The van der Waals surface area contributed by atoms with Gasteiger partial charge in [-0.15, -0.1) is 11.3 Å². The summed E-state index contributed by atoms with van der Waals surface area (Å²) in [7, 11) is -1.72. The molecule has 20 heavy (non-hydrogen) atoms. The number of hydrogen-bond acceptors (Lipinski definition) is 4. The lowest BCUT2D eigenvalue weighted by atomic mass is 10.3. The smallest absolute Gasteiger partial charge is 0.244 e. The zero-order valence-corrected chi connectivity index (χ0v) is 15.1. The van der Waals surface area contributed by atoms with Crippen LogP contribution in [0, 0.1) is 0 Å². The van der Waals surface area contributed by atoms with Gasteiger partial charge >= 0.3 is 0 Å². The second kappa shape index (κ2) is 6.87. The third kappa shape index (κ3) is 4.04. The van der Waals surface area contributed by atoms with Crippen molar-refractivity contribution in [2.24, 2.45) is 0 Å². The van der Waals surface area contributed by atoms with Gasteiger partial charge in [-0.2, -0.15) is 0 Å². The van der Waals surface area contributed by atoms with Gasteiger partial charge in [-0.1, -0.05) is 13.3 Å². The van der Waals surface area contributed by atoms with Crippen molar-refractivity contribution in [3.63, 3.8) is 0 Å². The Hall–Kier alpha value is 0.0500. The molecule has 4 nitrogen and oxygen atoms in total. The molecule has 1 saturated carbocycles. The highest BCUT2D eigenvalue weighted by Gasteiger charge is 2.26. The molecule has 0 radical (unpaired) electrons. The van der Waals surface area contributed by atoms with Gasteiger partial charge in [0.1, 0.15) is 4.90 Å². The fourth-order valence-electron chi connectivity index (χ4n) is 1.86. The van der Waals surface area contributed by atoms with Crippen molar-refractivity contribution in [3.05, 3.63) is 14.7 Å². The molecule has 0 spiro atoms. The molecule has 0 aliphatic heterocycles. The van der Waals surface area contributed by atoms with Gasteiger partial charge in [0.25, 0.3) is 0 Å². The quantitative estimate of drug-likeness (QED) is 0.753. The minimum Gasteiger partial charge on any atom is -0.309 e. The van der Waals surface area contributed by atoms with E-state index in [9.17, 15) is 8.42 Å². The predicted molar refractivity (Wildman–Crippen MR) is 86.6 cm³/mol. The van der Waals surface area contributed by atoms with Crippen LogP contribution in [-0.2, 0) is 16.6 Å². The van der Waals surface area contributed by atoms with E-state index in [0.29, 0.717) is 21.3 Å². The molecular weight excluding hydrogens is 360 g/mol. The number of hydrogen-bond donors (Lipinski definition) is 1. The van der Waals surface area contributed by atoms with Crippen LogP contribution in [0.5, 0.6) is 0 Å². The Balaban J connectivity index is 2.09. The summed E-state index contributed by atoms with van der Waals surface area (Å²) < 4.78 is 27.2. The zero-order chi connectivity index (χ0) is 14.8. The second-order valence-corrected chi connectivity index (χ2v) is 9.65. The van der Waals surface area contributed by atoms with Gasteiger partial charge in [-0.25, -0.2) is 12.7 Å². The number of thiophene rings is 1. The highest BCUT2D eigenvalue weighted by atomic mass is 79.9. The van der Waals surface area contributed by atoms with Crippen LogP contribution in [-0.4, -0.2) is 32.4 Å². The minimum absolute atomic E-state index is 0.397. The summed E-state index contributed by atoms with van der Waals surface area (Å²) in [6.07, 6.45) is 4.34. The topological polar surface area (TPSA) is 49.4 Å². The molecule has 1 aromatic heterocycles. The van der Waals surface area contributed by atoms with Gasteiger partial charge in [0.15, 0.2) is 0 Å². The maximum atomic E-state index is 12.5. The summed E-state index contributed by atoms with van der Waals surface area (Å²) in [5.41, 5.74) is 0. The highest BCUT2D eigenvalue weighted by molar-refractivity contribution is 9.11. The van der Waals surface area contributed by atoms with Gasteiger partial charge in [-0.05, 0) is 41.3 Å². The maximum absolute atomic E-state index is 12.5. The molecule has 0 saturated heterocycles. The maximum Gasteiger partial charge on any atom is 0.244 e. The molecule has 0 atom stereocenters. The van der Waals surface area contributed by atoms with Crippen LogP contribution in [0.25, 0.3) is 0 Å². The summed E-state index contributed by atoms with van der Waals surface area (Å²) in [4.78, 5) is 1.46. The highest BCUT2D eigenvalue weighted by Crippen LogP contribution is 2.33. The van der Waals surface area contributed by atoms with Crippen molar-refractivity contribution in [1.82, 2.24) is 9.62 Å². The predicted octanol–water partition coefficient (Wildman–Crippen LogP) is 3.18. The first-order valence-electron chi connectivity index (χ1n) is 6.93. The molecule has 0 bridgehead atoms. The van der Waals surface area contributed by atoms with E-state index in [1.165, 1.54) is 28.5 Å². The molecule has 0 amide bonds. The molecule has 2 rings (SSSR count). The number of nitrogens with one attached hydrogen (secondary N) is 1. The number of halogens is 1. The lowest BCUT2D eigenvalue weighted by molar-refractivity contribution is 0.459. The van der Waals surface area contributed by atoms with E-state index in [0.717, 1.165) is 24.3 Å². The fourth-order valence-corrected chi connectivity index (χ4v) is 5.65.